The van der Waals surface area contributed by atoms with Crippen molar-refractivity contribution in [3.63, 3.8) is 0 Å². The van der Waals surface area contributed by atoms with E-state index in [4.69, 9.17) is 5.73 Å². The Labute approximate surface area is 107 Å². The van der Waals surface area contributed by atoms with Gasteiger partial charge in [-0.3, -0.25) is 4.79 Å². The summed E-state index contributed by atoms with van der Waals surface area (Å²) in [6.45, 7) is 0. The highest BCUT2D eigenvalue weighted by Crippen LogP contribution is 2.33. The van der Waals surface area contributed by atoms with Crippen molar-refractivity contribution in [1.29, 1.82) is 0 Å². The van der Waals surface area contributed by atoms with E-state index >= 15 is 0 Å². The molecule has 3 heteroatoms. The highest BCUT2D eigenvalue weighted by Gasteiger charge is 2.27. The predicted octanol–water partition coefficient (Wildman–Crippen LogP) is 2.34. The molecule has 3 N–H and O–H groups in total. The monoisotopic (exact) mass is 242 g/mol. The van der Waals surface area contributed by atoms with E-state index in [0.29, 0.717) is 0 Å². The number of hydrogen-bond donors (Lipinski definition) is 2. The number of benzene rings is 1. The standard InChI is InChI=1S/C15H18N2O/c16-12-6-7-13-11(9-12)5-8-14(13)17-15(18)10-3-1-2-4-10/h1-2,6-7,9-10,14H,3-5,8,16H2,(H,17,18). The highest BCUT2D eigenvalue weighted by atomic mass is 16.1. The SMILES string of the molecule is Nc1ccc2c(c1)CCC2NC(=O)C1CC=CC1. The van der Waals surface area contributed by atoms with Crippen molar-refractivity contribution in [3.05, 3.63) is 41.5 Å². The molecule has 0 fully saturated rings. The van der Waals surface area contributed by atoms with Gasteiger partial charge >= 0.3 is 0 Å². The number of amides is 1. The molecule has 0 heterocycles. The van der Waals surface area contributed by atoms with Crippen LogP contribution < -0.4 is 11.1 Å². The lowest BCUT2D eigenvalue weighted by Crippen LogP contribution is -2.32. The summed E-state index contributed by atoms with van der Waals surface area (Å²) in [4.78, 5) is 12.1. The molecular weight excluding hydrogens is 224 g/mol. The second-order valence-corrected chi connectivity index (χ2v) is 5.20. The number of carbonyl (C=O) groups excluding carboxylic acids is 1. The van der Waals surface area contributed by atoms with Crippen molar-refractivity contribution in [1.82, 2.24) is 5.32 Å². The molecule has 2 aliphatic rings. The largest absolute Gasteiger partial charge is 0.399 e. The molecule has 0 bridgehead atoms. The van der Waals surface area contributed by atoms with Gasteiger partial charge in [0.25, 0.3) is 0 Å². The minimum absolute atomic E-state index is 0.142. The van der Waals surface area contributed by atoms with Crippen molar-refractivity contribution in [2.45, 2.75) is 31.7 Å². The van der Waals surface area contributed by atoms with Gasteiger partial charge in [0, 0.05) is 11.6 Å². The van der Waals surface area contributed by atoms with Gasteiger partial charge in [0.1, 0.15) is 0 Å². The van der Waals surface area contributed by atoms with E-state index in [1.165, 1.54) is 11.1 Å². The van der Waals surface area contributed by atoms with Crippen LogP contribution in [0.1, 0.15) is 36.4 Å². The quantitative estimate of drug-likeness (QED) is 0.618. The third-order valence-electron chi connectivity index (χ3n) is 3.94. The molecule has 0 radical (unpaired) electrons. The van der Waals surface area contributed by atoms with Crippen LogP contribution in [0, 0.1) is 5.92 Å². The molecule has 1 aromatic rings. The fourth-order valence-electron chi connectivity index (χ4n) is 2.91. The van der Waals surface area contributed by atoms with E-state index in [1.54, 1.807) is 0 Å². The van der Waals surface area contributed by atoms with Crippen LogP contribution in [0.5, 0.6) is 0 Å². The molecule has 0 aliphatic heterocycles. The third-order valence-corrected chi connectivity index (χ3v) is 3.94. The number of rotatable bonds is 2. The molecule has 2 aliphatic carbocycles. The first kappa shape index (κ1) is 11.3. The Morgan fingerprint density at radius 2 is 2.06 bits per heavy atom. The summed E-state index contributed by atoms with van der Waals surface area (Å²) in [6, 6.07) is 6.17. The van der Waals surface area contributed by atoms with Crippen LogP contribution in [-0.2, 0) is 11.2 Å². The highest BCUT2D eigenvalue weighted by molar-refractivity contribution is 5.80. The van der Waals surface area contributed by atoms with Gasteiger partial charge in [-0.2, -0.15) is 0 Å². The third kappa shape index (κ3) is 2.01. The summed E-state index contributed by atoms with van der Waals surface area (Å²) in [5.41, 5.74) is 9.11. The number of hydrogen-bond acceptors (Lipinski definition) is 2. The lowest BCUT2D eigenvalue weighted by molar-refractivity contribution is -0.125. The molecule has 94 valence electrons. The Hall–Kier alpha value is -1.77. The summed E-state index contributed by atoms with van der Waals surface area (Å²) in [5.74, 6) is 0.331. The number of aryl methyl sites for hydroxylation is 1. The van der Waals surface area contributed by atoms with Gasteiger partial charge in [0.2, 0.25) is 5.91 Å². The van der Waals surface area contributed by atoms with Crippen molar-refractivity contribution >= 4 is 11.6 Å². The summed E-state index contributed by atoms with van der Waals surface area (Å²) in [5, 5.41) is 3.18. The van der Waals surface area contributed by atoms with E-state index in [1.807, 2.05) is 12.1 Å². The minimum Gasteiger partial charge on any atom is -0.399 e. The van der Waals surface area contributed by atoms with E-state index < -0.39 is 0 Å². The van der Waals surface area contributed by atoms with Crippen LogP contribution in [0.2, 0.25) is 0 Å². The van der Waals surface area contributed by atoms with Gasteiger partial charge in [-0.05, 0) is 48.9 Å². The molecule has 0 saturated heterocycles. The Balaban J connectivity index is 1.71. The Kier molecular flexibility index (Phi) is 2.82. The molecule has 3 rings (SSSR count). The van der Waals surface area contributed by atoms with Gasteiger partial charge in [0.05, 0.1) is 6.04 Å². The zero-order chi connectivity index (χ0) is 12.5. The van der Waals surface area contributed by atoms with Crippen molar-refractivity contribution in [2.24, 2.45) is 5.92 Å². The van der Waals surface area contributed by atoms with E-state index in [2.05, 4.69) is 23.5 Å². The summed E-state index contributed by atoms with van der Waals surface area (Å²) >= 11 is 0. The Morgan fingerprint density at radius 3 is 2.83 bits per heavy atom. The zero-order valence-electron chi connectivity index (χ0n) is 10.4. The van der Waals surface area contributed by atoms with Crippen molar-refractivity contribution in [2.75, 3.05) is 5.73 Å². The fraction of sp³-hybridized carbons (Fsp3) is 0.400. The van der Waals surface area contributed by atoms with E-state index in [0.717, 1.165) is 31.4 Å². The summed E-state index contributed by atoms with van der Waals surface area (Å²) in [6.07, 6.45) is 7.94. The molecule has 1 unspecified atom stereocenters. The molecule has 3 nitrogen and oxygen atoms in total. The van der Waals surface area contributed by atoms with Gasteiger partial charge in [-0.15, -0.1) is 0 Å². The number of carbonyl (C=O) groups is 1. The molecule has 1 amide bonds. The lowest BCUT2D eigenvalue weighted by Gasteiger charge is -2.17. The molecule has 0 spiro atoms. The fourth-order valence-corrected chi connectivity index (χ4v) is 2.91. The van der Waals surface area contributed by atoms with E-state index in [-0.39, 0.29) is 17.9 Å². The molecule has 1 aromatic carbocycles. The second kappa shape index (κ2) is 4.48. The second-order valence-electron chi connectivity index (χ2n) is 5.20. The van der Waals surface area contributed by atoms with Crippen molar-refractivity contribution in [3.8, 4) is 0 Å². The first-order chi connectivity index (χ1) is 8.74. The summed E-state index contributed by atoms with van der Waals surface area (Å²) < 4.78 is 0. The van der Waals surface area contributed by atoms with Crippen LogP contribution in [0.3, 0.4) is 0 Å². The van der Waals surface area contributed by atoms with Crippen LogP contribution >= 0.6 is 0 Å². The molecule has 18 heavy (non-hydrogen) atoms. The number of nitrogen functional groups attached to an aromatic ring is 1. The molecule has 1 atom stereocenters. The smallest absolute Gasteiger partial charge is 0.224 e. The summed E-state index contributed by atoms with van der Waals surface area (Å²) in [7, 11) is 0. The predicted molar refractivity (Wildman–Crippen MR) is 71.9 cm³/mol. The van der Waals surface area contributed by atoms with Gasteiger partial charge in [-0.1, -0.05) is 18.2 Å². The van der Waals surface area contributed by atoms with Crippen LogP contribution in [0.25, 0.3) is 0 Å². The van der Waals surface area contributed by atoms with Crippen molar-refractivity contribution < 1.29 is 4.79 Å². The van der Waals surface area contributed by atoms with Crippen LogP contribution in [-0.4, -0.2) is 5.91 Å². The minimum atomic E-state index is 0.142. The maximum absolute atomic E-state index is 12.1. The Bertz CT molecular complexity index is 499. The normalized spacial score (nSPS) is 22.1. The van der Waals surface area contributed by atoms with Gasteiger partial charge in [0.15, 0.2) is 0 Å². The number of nitrogens with one attached hydrogen (secondary N) is 1. The lowest BCUT2D eigenvalue weighted by atomic mass is 10.0. The number of anilines is 1. The van der Waals surface area contributed by atoms with Crippen LogP contribution in [0.4, 0.5) is 5.69 Å². The molecular formula is C15H18N2O. The number of fused-ring (bicyclic) bond motifs is 1. The number of allylic oxidation sites excluding steroid dienone is 2. The average Bonchev–Trinajstić information content (AvgIpc) is 2.98. The molecule has 0 saturated carbocycles. The van der Waals surface area contributed by atoms with E-state index in [9.17, 15) is 4.79 Å². The topological polar surface area (TPSA) is 55.1 Å². The number of nitrogens with two attached hydrogens (primary N) is 1. The van der Waals surface area contributed by atoms with Gasteiger partial charge < -0.3 is 11.1 Å². The maximum Gasteiger partial charge on any atom is 0.224 e. The average molecular weight is 242 g/mol. The van der Waals surface area contributed by atoms with Gasteiger partial charge in [-0.25, -0.2) is 0 Å². The zero-order valence-corrected chi connectivity index (χ0v) is 10.4. The first-order valence-electron chi connectivity index (χ1n) is 6.57. The first-order valence-corrected chi connectivity index (χ1v) is 6.57. The van der Waals surface area contributed by atoms with Crippen LogP contribution in [0.15, 0.2) is 30.4 Å². The maximum atomic E-state index is 12.1. The Morgan fingerprint density at radius 1 is 1.28 bits per heavy atom. The molecule has 0 aromatic heterocycles.